The van der Waals surface area contributed by atoms with E-state index in [4.69, 9.17) is 4.74 Å². The second kappa shape index (κ2) is 8.84. The van der Waals surface area contributed by atoms with Gasteiger partial charge in [-0.2, -0.15) is 0 Å². The molecule has 1 fully saturated rings. The van der Waals surface area contributed by atoms with Crippen molar-refractivity contribution in [3.05, 3.63) is 69.8 Å². The molecule has 32 heavy (non-hydrogen) atoms. The van der Waals surface area contributed by atoms with Crippen LogP contribution in [0.2, 0.25) is 0 Å². The number of nitro groups is 1. The van der Waals surface area contributed by atoms with Gasteiger partial charge in [0, 0.05) is 17.8 Å². The maximum atomic E-state index is 12.9. The Hall–Kier alpha value is -4.28. The number of nitrogens with zero attached hydrogens (tertiary/aromatic N) is 2. The fraction of sp³-hybridized carbons (Fsp3) is 0.238. The Morgan fingerprint density at radius 1 is 1.12 bits per heavy atom. The molecule has 3 rings (SSSR count). The first kappa shape index (κ1) is 22.4. The summed E-state index contributed by atoms with van der Waals surface area (Å²) in [5, 5.41) is 15.9. The largest absolute Gasteiger partial charge is 0.462 e. The molecule has 1 aliphatic rings. The Balaban J connectivity index is 1.67. The predicted molar refractivity (Wildman–Crippen MR) is 112 cm³/mol. The minimum absolute atomic E-state index is 0.153. The fourth-order valence-electron chi connectivity index (χ4n) is 3.20. The number of ether oxygens (including phenoxy) is 1. The molecule has 11 heteroatoms. The van der Waals surface area contributed by atoms with Gasteiger partial charge in [0.25, 0.3) is 11.6 Å². The first-order valence-corrected chi connectivity index (χ1v) is 9.61. The van der Waals surface area contributed by atoms with E-state index in [-0.39, 0.29) is 12.3 Å². The predicted octanol–water partition coefficient (Wildman–Crippen LogP) is 2.18. The molecule has 0 radical (unpaired) electrons. The van der Waals surface area contributed by atoms with Crippen molar-refractivity contribution < 1.29 is 28.8 Å². The molecule has 2 aromatic rings. The monoisotopic (exact) mass is 440 g/mol. The third-order valence-corrected chi connectivity index (χ3v) is 4.91. The van der Waals surface area contributed by atoms with Gasteiger partial charge < -0.3 is 15.4 Å². The van der Waals surface area contributed by atoms with E-state index in [0.29, 0.717) is 16.8 Å². The number of anilines is 1. The van der Waals surface area contributed by atoms with Crippen molar-refractivity contribution in [3.63, 3.8) is 0 Å². The highest BCUT2D eigenvalue weighted by Crippen LogP contribution is 2.30. The lowest BCUT2D eigenvalue weighted by Crippen LogP contribution is -2.42. The topological polar surface area (TPSA) is 148 Å². The second-order valence-corrected chi connectivity index (χ2v) is 7.10. The molecule has 1 unspecified atom stereocenters. The summed E-state index contributed by atoms with van der Waals surface area (Å²) in [6, 6.07) is 10.4. The quantitative estimate of drug-likeness (QED) is 0.290. The molecule has 0 aromatic heterocycles. The van der Waals surface area contributed by atoms with Gasteiger partial charge in [0.15, 0.2) is 0 Å². The Morgan fingerprint density at radius 3 is 2.31 bits per heavy atom. The zero-order chi connectivity index (χ0) is 23.5. The molecular formula is C21H20N4O7. The summed E-state index contributed by atoms with van der Waals surface area (Å²) in [4.78, 5) is 60.4. The first-order valence-electron chi connectivity index (χ1n) is 9.61. The van der Waals surface area contributed by atoms with Gasteiger partial charge in [-0.25, -0.2) is 9.59 Å². The number of imide groups is 1. The van der Waals surface area contributed by atoms with Crippen molar-refractivity contribution in [3.8, 4) is 0 Å². The molecule has 11 nitrogen and oxygen atoms in total. The van der Waals surface area contributed by atoms with E-state index in [9.17, 15) is 29.3 Å². The lowest BCUT2D eigenvalue weighted by atomic mass is 9.92. The molecular weight excluding hydrogens is 420 g/mol. The summed E-state index contributed by atoms with van der Waals surface area (Å²) < 4.78 is 4.89. The van der Waals surface area contributed by atoms with Gasteiger partial charge >= 0.3 is 12.0 Å². The van der Waals surface area contributed by atoms with Crippen LogP contribution in [0.4, 0.5) is 16.2 Å². The summed E-state index contributed by atoms with van der Waals surface area (Å²) in [6.07, 6.45) is 0. The molecule has 1 atom stereocenters. The molecule has 1 aliphatic heterocycles. The number of rotatable bonds is 7. The van der Waals surface area contributed by atoms with Gasteiger partial charge in [0.05, 0.1) is 17.1 Å². The third-order valence-electron chi connectivity index (χ3n) is 4.91. The van der Waals surface area contributed by atoms with E-state index in [1.165, 1.54) is 55.5 Å². The number of hydrogen-bond acceptors (Lipinski definition) is 7. The van der Waals surface area contributed by atoms with Crippen LogP contribution in [0, 0.1) is 10.1 Å². The number of esters is 1. The highest BCUT2D eigenvalue weighted by atomic mass is 16.6. The van der Waals surface area contributed by atoms with Gasteiger partial charge in [0.2, 0.25) is 5.91 Å². The van der Waals surface area contributed by atoms with E-state index in [2.05, 4.69) is 10.6 Å². The van der Waals surface area contributed by atoms with Crippen molar-refractivity contribution in [2.24, 2.45) is 0 Å². The van der Waals surface area contributed by atoms with Gasteiger partial charge in [-0.15, -0.1) is 0 Å². The van der Waals surface area contributed by atoms with Gasteiger partial charge in [-0.1, -0.05) is 0 Å². The summed E-state index contributed by atoms with van der Waals surface area (Å²) in [5.41, 5.74) is -0.586. The average molecular weight is 440 g/mol. The fourth-order valence-corrected chi connectivity index (χ4v) is 3.20. The van der Waals surface area contributed by atoms with E-state index in [0.717, 1.165) is 4.90 Å². The molecule has 0 bridgehead atoms. The third kappa shape index (κ3) is 4.41. The normalized spacial score (nSPS) is 17.6. The standard InChI is InChI=1S/C21H20N4O7/c1-3-32-18(27)13-4-8-15(9-5-13)22-17(26)12-24-19(28)21(2,23-20(24)29)14-6-10-16(11-7-14)25(30)31/h4-11H,3,12H2,1-2H3,(H,22,26)(H,23,29). The summed E-state index contributed by atoms with van der Waals surface area (Å²) in [5.74, 6) is -1.77. The number of nitrogens with one attached hydrogen (secondary N) is 2. The molecule has 0 spiro atoms. The van der Waals surface area contributed by atoms with E-state index >= 15 is 0 Å². The molecule has 166 valence electrons. The molecule has 0 aliphatic carbocycles. The second-order valence-electron chi connectivity index (χ2n) is 7.10. The van der Waals surface area contributed by atoms with Gasteiger partial charge in [0.1, 0.15) is 12.1 Å². The van der Waals surface area contributed by atoms with Crippen LogP contribution in [0.3, 0.4) is 0 Å². The Labute approximate surface area is 182 Å². The number of carbonyl (C=O) groups excluding carboxylic acids is 4. The average Bonchev–Trinajstić information content (AvgIpc) is 2.98. The number of benzene rings is 2. The summed E-state index contributed by atoms with van der Waals surface area (Å²) in [6.45, 7) is 2.85. The highest BCUT2D eigenvalue weighted by Gasteiger charge is 2.49. The van der Waals surface area contributed by atoms with Crippen LogP contribution in [0.5, 0.6) is 0 Å². The first-order chi connectivity index (χ1) is 15.2. The lowest BCUT2D eigenvalue weighted by molar-refractivity contribution is -0.384. The SMILES string of the molecule is CCOC(=O)c1ccc(NC(=O)CN2C(=O)NC(C)(c3ccc([N+](=O)[O-])cc3)C2=O)cc1. The maximum absolute atomic E-state index is 12.9. The zero-order valence-electron chi connectivity index (χ0n) is 17.3. The van der Waals surface area contributed by atoms with Gasteiger partial charge in [-0.05, 0) is 55.8 Å². The van der Waals surface area contributed by atoms with E-state index in [1.807, 2.05) is 0 Å². The molecule has 4 amide bonds. The van der Waals surface area contributed by atoms with Crippen LogP contribution in [0.15, 0.2) is 48.5 Å². The maximum Gasteiger partial charge on any atom is 0.338 e. The van der Waals surface area contributed by atoms with Crippen molar-refractivity contribution in [2.45, 2.75) is 19.4 Å². The number of urea groups is 1. The van der Waals surface area contributed by atoms with Crippen LogP contribution in [0.1, 0.15) is 29.8 Å². The van der Waals surface area contributed by atoms with E-state index < -0.39 is 40.8 Å². The number of nitro benzene ring substituents is 1. The minimum atomic E-state index is -1.46. The smallest absolute Gasteiger partial charge is 0.338 e. The number of amides is 4. The number of hydrogen-bond donors (Lipinski definition) is 2. The zero-order valence-corrected chi connectivity index (χ0v) is 17.3. The highest BCUT2D eigenvalue weighted by molar-refractivity contribution is 6.10. The van der Waals surface area contributed by atoms with Crippen LogP contribution < -0.4 is 10.6 Å². The Morgan fingerprint density at radius 2 is 1.75 bits per heavy atom. The molecule has 0 saturated carbocycles. The van der Waals surface area contributed by atoms with Crippen molar-refractivity contribution in [1.82, 2.24) is 10.2 Å². The van der Waals surface area contributed by atoms with Crippen LogP contribution in [-0.4, -0.2) is 46.8 Å². The molecule has 2 aromatic carbocycles. The molecule has 1 heterocycles. The Bertz CT molecular complexity index is 1080. The van der Waals surface area contributed by atoms with E-state index in [1.54, 1.807) is 6.92 Å². The lowest BCUT2D eigenvalue weighted by Gasteiger charge is -2.22. The molecule has 2 N–H and O–H groups in total. The number of carbonyl (C=O) groups is 4. The minimum Gasteiger partial charge on any atom is -0.462 e. The van der Waals surface area contributed by atoms with Crippen LogP contribution in [0.25, 0.3) is 0 Å². The van der Waals surface area contributed by atoms with Crippen LogP contribution >= 0.6 is 0 Å². The van der Waals surface area contributed by atoms with Crippen molar-refractivity contribution in [2.75, 3.05) is 18.5 Å². The van der Waals surface area contributed by atoms with Gasteiger partial charge in [-0.3, -0.25) is 24.6 Å². The van der Waals surface area contributed by atoms with Crippen LogP contribution in [-0.2, 0) is 19.9 Å². The summed E-state index contributed by atoms with van der Waals surface area (Å²) in [7, 11) is 0. The summed E-state index contributed by atoms with van der Waals surface area (Å²) >= 11 is 0. The number of non-ortho nitro benzene ring substituents is 1. The Kier molecular flexibility index (Phi) is 6.19. The van der Waals surface area contributed by atoms with Crippen molar-refractivity contribution >= 4 is 35.2 Å². The van der Waals surface area contributed by atoms with Crippen molar-refractivity contribution in [1.29, 1.82) is 0 Å². The molecule has 1 saturated heterocycles.